The van der Waals surface area contributed by atoms with Crippen LogP contribution in [-0.2, 0) is 13.6 Å². The minimum atomic E-state index is -3.23. The molecule has 1 unspecified atom stereocenters. The van der Waals surface area contributed by atoms with Crippen molar-refractivity contribution in [2.45, 2.75) is 32.8 Å². The monoisotopic (exact) mass is 292 g/mol. The lowest BCUT2D eigenvalue weighted by Gasteiger charge is -2.23. The maximum absolute atomic E-state index is 13.0. The molecule has 4 heteroatoms. The quantitative estimate of drug-likeness (QED) is 0.565. The molecule has 2 rings (SSSR count). The van der Waals surface area contributed by atoms with Crippen molar-refractivity contribution in [3.8, 4) is 0 Å². The molecule has 0 saturated carbocycles. The standard InChI is InChI=1S/C16H21O3P/c1-5-10-14-15(13-11-8-7-9-12-13)16(3,4)19-20(14,17)18-6-2/h5,7-9,11-12H,1,6,10H2,2-4H3. The zero-order valence-corrected chi connectivity index (χ0v) is 13.2. The van der Waals surface area contributed by atoms with Crippen LogP contribution in [0.1, 0.15) is 32.8 Å². The molecule has 0 spiro atoms. The maximum atomic E-state index is 13.0. The minimum absolute atomic E-state index is 0.357. The van der Waals surface area contributed by atoms with Gasteiger partial charge in [0.1, 0.15) is 0 Å². The molecule has 0 radical (unpaired) electrons. The molecule has 0 fully saturated rings. The largest absolute Gasteiger partial charge is 0.358 e. The van der Waals surface area contributed by atoms with Crippen LogP contribution in [0.15, 0.2) is 48.3 Å². The van der Waals surface area contributed by atoms with Gasteiger partial charge >= 0.3 is 7.60 Å². The first-order chi connectivity index (χ1) is 9.44. The molecule has 0 amide bonds. The molecular weight excluding hydrogens is 271 g/mol. The Hall–Kier alpha value is -1.15. The van der Waals surface area contributed by atoms with Crippen LogP contribution in [0.4, 0.5) is 0 Å². The van der Waals surface area contributed by atoms with Gasteiger partial charge in [-0.15, -0.1) is 6.58 Å². The van der Waals surface area contributed by atoms with E-state index in [1.54, 1.807) is 6.08 Å². The topological polar surface area (TPSA) is 35.5 Å². The third kappa shape index (κ3) is 2.67. The second-order valence-corrected chi connectivity index (χ2v) is 7.17. The number of hydrogen-bond donors (Lipinski definition) is 0. The van der Waals surface area contributed by atoms with Gasteiger partial charge < -0.3 is 4.52 Å². The highest BCUT2D eigenvalue weighted by Gasteiger charge is 2.48. The summed E-state index contributed by atoms with van der Waals surface area (Å²) in [6.07, 6.45) is 2.25. The Morgan fingerprint density at radius 1 is 1.35 bits per heavy atom. The van der Waals surface area contributed by atoms with Crippen LogP contribution in [0, 0.1) is 0 Å². The molecule has 108 valence electrons. The highest BCUT2D eigenvalue weighted by molar-refractivity contribution is 7.59. The van der Waals surface area contributed by atoms with E-state index in [0.29, 0.717) is 13.0 Å². The Morgan fingerprint density at radius 3 is 2.55 bits per heavy atom. The molecular formula is C16H21O3P. The molecule has 1 aliphatic rings. The number of allylic oxidation sites excluding steroid dienone is 2. The predicted octanol–water partition coefficient (Wildman–Crippen LogP) is 5.01. The highest BCUT2D eigenvalue weighted by atomic mass is 31.2. The number of hydrogen-bond acceptors (Lipinski definition) is 3. The van der Waals surface area contributed by atoms with Crippen LogP contribution in [0.3, 0.4) is 0 Å². The van der Waals surface area contributed by atoms with Gasteiger partial charge in [0.2, 0.25) is 0 Å². The summed E-state index contributed by atoms with van der Waals surface area (Å²) in [5, 5.41) is 0.727. The summed E-state index contributed by atoms with van der Waals surface area (Å²) in [5.74, 6) is 0. The third-order valence-electron chi connectivity index (χ3n) is 3.27. The van der Waals surface area contributed by atoms with Gasteiger partial charge in [0.25, 0.3) is 0 Å². The lowest BCUT2D eigenvalue weighted by molar-refractivity contribution is 0.142. The number of benzene rings is 1. The summed E-state index contributed by atoms with van der Waals surface area (Å²) in [6.45, 7) is 9.79. The van der Waals surface area contributed by atoms with E-state index in [9.17, 15) is 4.57 Å². The first-order valence-corrected chi connectivity index (χ1v) is 8.34. The summed E-state index contributed by atoms with van der Waals surface area (Å²) in [6, 6.07) is 9.90. The van der Waals surface area contributed by atoms with Crippen molar-refractivity contribution < 1.29 is 13.6 Å². The van der Waals surface area contributed by atoms with E-state index in [1.165, 1.54) is 0 Å². The van der Waals surface area contributed by atoms with Crippen molar-refractivity contribution in [3.05, 3.63) is 53.9 Å². The highest BCUT2D eigenvalue weighted by Crippen LogP contribution is 2.69. The van der Waals surface area contributed by atoms with Crippen molar-refractivity contribution in [1.29, 1.82) is 0 Å². The third-order valence-corrected chi connectivity index (χ3v) is 5.63. The molecule has 0 bridgehead atoms. The molecule has 0 aliphatic carbocycles. The fourth-order valence-corrected chi connectivity index (χ4v) is 5.01. The number of rotatable bonds is 5. The molecule has 0 saturated heterocycles. The summed E-state index contributed by atoms with van der Waals surface area (Å²) in [4.78, 5) is 0. The Labute approximate surface area is 120 Å². The van der Waals surface area contributed by atoms with Crippen molar-refractivity contribution in [2.24, 2.45) is 0 Å². The van der Waals surface area contributed by atoms with E-state index >= 15 is 0 Å². The fourth-order valence-electron chi connectivity index (χ4n) is 2.63. The van der Waals surface area contributed by atoms with Gasteiger partial charge in [-0.25, -0.2) is 0 Å². The van der Waals surface area contributed by atoms with Crippen molar-refractivity contribution in [3.63, 3.8) is 0 Å². The van der Waals surface area contributed by atoms with E-state index < -0.39 is 13.2 Å². The van der Waals surface area contributed by atoms with E-state index in [2.05, 4.69) is 6.58 Å². The maximum Gasteiger partial charge on any atom is 0.358 e. The summed E-state index contributed by atoms with van der Waals surface area (Å²) in [7, 11) is -3.23. The van der Waals surface area contributed by atoms with Gasteiger partial charge in [0.15, 0.2) is 0 Å². The van der Waals surface area contributed by atoms with Gasteiger partial charge in [-0.1, -0.05) is 36.4 Å². The Balaban J connectivity index is 2.64. The molecule has 3 nitrogen and oxygen atoms in total. The van der Waals surface area contributed by atoms with Gasteiger partial charge in [-0.05, 0) is 32.8 Å². The van der Waals surface area contributed by atoms with Crippen molar-refractivity contribution >= 4 is 13.2 Å². The summed E-state index contributed by atoms with van der Waals surface area (Å²) >= 11 is 0. The van der Waals surface area contributed by atoms with Crippen molar-refractivity contribution in [1.82, 2.24) is 0 Å². The molecule has 1 atom stereocenters. The second kappa shape index (κ2) is 5.69. The zero-order chi connectivity index (χ0) is 14.8. The van der Waals surface area contributed by atoms with Crippen LogP contribution < -0.4 is 0 Å². The van der Waals surface area contributed by atoms with E-state index in [4.69, 9.17) is 9.05 Å². The summed E-state index contributed by atoms with van der Waals surface area (Å²) < 4.78 is 24.3. The van der Waals surface area contributed by atoms with Crippen molar-refractivity contribution in [2.75, 3.05) is 6.61 Å². The Morgan fingerprint density at radius 2 is 2.00 bits per heavy atom. The van der Waals surface area contributed by atoms with Crippen LogP contribution in [0.5, 0.6) is 0 Å². The fraction of sp³-hybridized carbons (Fsp3) is 0.375. The smallest absolute Gasteiger partial charge is 0.306 e. The van der Waals surface area contributed by atoms with Gasteiger partial charge in [-0.2, -0.15) is 0 Å². The molecule has 20 heavy (non-hydrogen) atoms. The first kappa shape index (κ1) is 15.2. The molecule has 0 N–H and O–H groups in total. The lowest BCUT2D eigenvalue weighted by Crippen LogP contribution is -2.20. The average molecular weight is 292 g/mol. The van der Waals surface area contributed by atoms with Crippen LogP contribution in [0.2, 0.25) is 0 Å². The molecule has 1 aromatic carbocycles. The van der Waals surface area contributed by atoms with Gasteiger partial charge in [-0.3, -0.25) is 9.09 Å². The van der Waals surface area contributed by atoms with Crippen LogP contribution >= 0.6 is 7.60 Å². The van der Waals surface area contributed by atoms with E-state index in [0.717, 1.165) is 16.5 Å². The SMILES string of the molecule is C=CCC1=C(c2ccccc2)C(C)(C)OP1(=O)OCC. The van der Waals surface area contributed by atoms with E-state index in [-0.39, 0.29) is 0 Å². The summed E-state index contributed by atoms with van der Waals surface area (Å²) in [5.41, 5.74) is 1.34. The first-order valence-electron chi connectivity index (χ1n) is 6.80. The Bertz CT molecular complexity index is 573. The Kier molecular flexibility index (Phi) is 4.33. The average Bonchev–Trinajstić information content (AvgIpc) is 2.58. The predicted molar refractivity (Wildman–Crippen MR) is 82.6 cm³/mol. The minimum Gasteiger partial charge on any atom is -0.306 e. The van der Waals surface area contributed by atoms with E-state index in [1.807, 2.05) is 51.1 Å². The zero-order valence-electron chi connectivity index (χ0n) is 12.3. The van der Waals surface area contributed by atoms with Crippen LogP contribution in [0.25, 0.3) is 5.57 Å². The molecule has 1 heterocycles. The molecule has 0 aromatic heterocycles. The second-order valence-electron chi connectivity index (χ2n) is 5.20. The molecule has 1 aromatic rings. The van der Waals surface area contributed by atoms with Crippen LogP contribution in [-0.4, -0.2) is 12.2 Å². The van der Waals surface area contributed by atoms with Gasteiger partial charge in [0, 0.05) is 5.57 Å². The molecule has 1 aliphatic heterocycles. The normalized spacial score (nSPS) is 24.9. The van der Waals surface area contributed by atoms with Gasteiger partial charge in [0.05, 0.1) is 17.5 Å². The lowest BCUT2D eigenvalue weighted by atomic mass is 9.90.